The zero-order valence-corrected chi connectivity index (χ0v) is 18.0. The number of benzene rings is 1. The minimum Gasteiger partial charge on any atom is -0.323 e. The molecule has 0 aliphatic heterocycles. The van der Waals surface area contributed by atoms with Crippen molar-refractivity contribution in [2.24, 2.45) is 0 Å². The third kappa shape index (κ3) is 4.31. The standard InChI is InChI=1S/C18H15Br2N3O2S/c1-10-7-12(19)18(13(20)8-10)21-16(24)9-23-17(25)6-4-14(22-23)15-5-3-11(2)26-15/h3-8H,9H2,1-2H3,(H,21,24). The van der Waals surface area contributed by atoms with Crippen LogP contribution in [0.3, 0.4) is 0 Å². The van der Waals surface area contributed by atoms with Gasteiger partial charge in [0.05, 0.1) is 10.6 Å². The van der Waals surface area contributed by atoms with Crippen molar-refractivity contribution in [1.29, 1.82) is 0 Å². The van der Waals surface area contributed by atoms with E-state index in [0.29, 0.717) is 11.4 Å². The first-order valence-electron chi connectivity index (χ1n) is 7.74. The molecule has 0 bridgehead atoms. The van der Waals surface area contributed by atoms with Crippen molar-refractivity contribution in [3.05, 3.63) is 66.1 Å². The molecule has 0 aliphatic carbocycles. The van der Waals surface area contributed by atoms with Gasteiger partial charge in [0.25, 0.3) is 5.56 Å². The minimum atomic E-state index is -0.329. The molecule has 0 atom stereocenters. The quantitative estimate of drug-likeness (QED) is 0.566. The van der Waals surface area contributed by atoms with Crippen LogP contribution in [0.15, 0.2) is 50.1 Å². The molecule has 0 saturated carbocycles. The number of halogens is 2. The highest BCUT2D eigenvalue weighted by Crippen LogP contribution is 2.32. The lowest BCUT2D eigenvalue weighted by Gasteiger charge is -2.11. The molecule has 3 aromatic rings. The van der Waals surface area contributed by atoms with E-state index >= 15 is 0 Å². The second-order valence-corrected chi connectivity index (χ2v) is 8.77. The molecule has 1 N–H and O–H groups in total. The van der Waals surface area contributed by atoms with Gasteiger partial charge in [-0.15, -0.1) is 11.3 Å². The molecule has 0 fully saturated rings. The number of hydrogen-bond acceptors (Lipinski definition) is 4. The second-order valence-electron chi connectivity index (χ2n) is 5.78. The molecule has 0 unspecified atom stereocenters. The van der Waals surface area contributed by atoms with Crippen LogP contribution in [0, 0.1) is 13.8 Å². The summed E-state index contributed by atoms with van der Waals surface area (Å²) in [6.45, 7) is 3.81. The first-order chi connectivity index (χ1) is 12.3. The molecule has 26 heavy (non-hydrogen) atoms. The number of thiophene rings is 1. The topological polar surface area (TPSA) is 64.0 Å². The molecule has 2 heterocycles. The number of aromatic nitrogens is 2. The number of carbonyl (C=O) groups excluding carboxylic acids is 1. The van der Waals surface area contributed by atoms with E-state index in [1.54, 1.807) is 17.4 Å². The van der Waals surface area contributed by atoms with Crippen LogP contribution in [0.5, 0.6) is 0 Å². The number of amides is 1. The number of anilines is 1. The molecule has 5 nitrogen and oxygen atoms in total. The van der Waals surface area contributed by atoms with E-state index in [0.717, 1.165) is 24.3 Å². The number of nitrogens with one attached hydrogen (secondary N) is 1. The lowest BCUT2D eigenvalue weighted by Crippen LogP contribution is -2.29. The summed E-state index contributed by atoms with van der Waals surface area (Å²) >= 11 is 8.48. The summed E-state index contributed by atoms with van der Waals surface area (Å²) in [6, 6.07) is 10.9. The fourth-order valence-corrected chi connectivity index (χ4v) is 4.85. The zero-order chi connectivity index (χ0) is 18.8. The summed E-state index contributed by atoms with van der Waals surface area (Å²) in [5.41, 5.74) is 2.03. The Morgan fingerprint density at radius 2 is 1.85 bits per heavy atom. The van der Waals surface area contributed by atoms with E-state index in [1.165, 1.54) is 10.7 Å². The third-order valence-corrected chi connectivity index (χ3v) is 5.88. The number of rotatable bonds is 4. The van der Waals surface area contributed by atoms with Crippen LogP contribution in [-0.4, -0.2) is 15.7 Å². The molecule has 2 aromatic heterocycles. The Morgan fingerprint density at radius 3 is 2.46 bits per heavy atom. The largest absolute Gasteiger partial charge is 0.323 e. The minimum absolute atomic E-state index is 0.163. The fourth-order valence-electron chi connectivity index (χ4n) is 2.40. The van der Waals surface area contributed by atoms with Gasteiger partial charge >= 0.3 is 0 Å². The van der Waals surface area contributed by atoms with Crippen molar-refractivity contribution < 1.29 is 4.79 Å². The van der Waals surface area contributed by atoms with Crippen molar-refractivity contribution in [3.8, 4) is 10.6 Å². The molecule has 0 aliphatic rings. The molecule has 0 saturated heterocycles. The molecule has 1 aromatic carbocycles. The first kappa shape index (κ1) is 19.0. The molecule has 0 spiro atoms. The molecule has 1 amide bonds. The lowest BCUT2D eigenvalue weighted by molar-refractivity contribution is -0.117. The van der Waals surface area contributed by atoms with Crippen LogP contribution in [0.2, 0.25) is 0 Å². The van der Waals surface area contributed by atoms with Crippen LogP contribution < -0.4 is 10.9 Å². The van der Waals surface area contributed by atoms with Crippen LogP contribution in [-0.2, 0) is 11.3 Å². The summed E-state index contributed by atoms with van der Waals surface area (Å²) in [5, 5.41) is 7.14. The van der Waals surface area contributed by atoms with Gasteiger partial charge in [-0.3, -0.25) is 9.59 Å². The maximum atomic E-state index is 12.4. The van der Waals surface area contributed by atoms with Gasteiger partial charge in [-0.05, 0) is 81.6 Å². The molecular weight excluding hydrogens is 482 g/mol. The summed E-state index contributed by atoms with van der Waals surface area (Å²) in [7, 11) is 0. The molecular formula is C18H15Br2N3O2S. The fraction of sp³-hybridized carbons (Fsp3) is 0.167. The Hall–Kier alpha value is -1.77. The average molecular weight is 497 g/mol. The highest BCUT2D eigenvalue weighted by Gasteiger charge is 2.13. The Labute approximate surface area is 171 Å². The van der Waals surface area contributed by atoms with Crippen molar-refractivity contribution in [2.45, 2.75) is 20.4 Å². The smallest absolute Gasteiger partial charge is 0.267 e. The van der Waals surface area contributed by atoms with Gasteiger partial charge < -0.3 is 5.32 Å². The van der Waals surface area contributed by atoms with Gasteiger partial charge in [0, 0.05) is 19.9 Å². The van der Waals surface area contributed by atoms with Crippen molar-refractivity contribution in [2.75, 3.05) is 5.32 Å². The second kappa shape index (κ2) is 7.85. The monoisotopic (exact) mass is 495 g/mol. The normalized spacial score (nSPS) is 10.8. The third-order valence-electron chi connectivity index (χ3n) is 3.60. The van der Waals surface area contributed by atoms with E-state index in [4.69, 9.17) is 0 Å². The summed E-state index contributed by atoms with van der Waals surface area (Å²) in [5.74, 6) is -0.329. The number of aryl methyl sites for hydroxylation is 2. The first-order valence-corrected chi connectivity index (χ1v) is 10.1. The SMILES string of the molecule is Cc1cc(Br)c(NC(=O)Cn2nc(-c3ccc(C)s3)ccc2=O)c(Br)c1. The predicted molar refractivity (Wildman–Crippen MR) is 112 cm³/mol. The maximum absolute atomic E-state index is 12.4. The van der Waals surface area contributed by atoms with Gasteiger partial charge in [0.2, 0.25) is 5.91 Å². The van der Waals surface area contributed by atoms with Crippen LogP contribution >= 0.6 is 43.2 Å². The Bertz CT molecular complexity index is 1020. The summed E-state index contributed by atoms with van der Waals surface area (Å²) in [6.07, 6.45) is 0. The van der Waals surface area contributed by atoms with Crippen molar-refractivity contribution in [1.82, 2.24) is 9.78 Å². The van der Waals surface area contributed by atoms with E-state index < -0.39 is 0 Å². The van der Waals surface area contributed by atoms with E-state index in [-0.39, 0.29) is 18.0 Å². The Balaban J connectivity index is 1.83. The van der Waals surface area contributed by atoms with Crippen LogP contribution in [0.4, 0.5) is 5.69 Å². The number of nitrogens with zero attached hydrogens (tertiary/aromatic N) is 2. The Morgan fingerprint density at radius 1 is 1.15 bits per heavy atom. The number of hydrogen-bond donors (Lipinski definition) is 1. The van der Waals surface area contributed by atoms with Gasteiger partial charge in [-0.1, -0.05) is 0 Å². The highest BCUT2D eigenvalue weighted by atomic mass is 79.9. The van der Waals surface area contributed by atoms with E-state index in [9.17, 15) is 9.59 Å². The van der Waals surface area contributed by atoms with Gasteiger partial charge in [0.1, 0.15) is 12.2 Å². The van der Waals surface area contributed by atoms with Crippen molar-refractivity contribution >= 4 is 54.8 Å². The molecule has 8 heteroatoms. The van der Waals surface area contributed by atoms with E-state index in [1.807, 2.05) is 38.1 Å². The average Bonchev–Trinajstić information content (AvgIpc) is 2.99. The molecule has 0 radical (unpaired) electrons. The lowest BCUT2D eigenvalue weighted by atomic mass is 10.2. The predicted octanol–water partition coefficient (Wildman–Crippen LogP) is 4.75. The van der Waals surface area contributed by atoms with Gasteiger partial charge in [-0.25, -0.2) is 4.68 Å². The van der Waals surface area contributed by atoms with Crippen molar-refractivity contribution in [3.63, 3.8) is 0 Å². The van der Waals surface area contributed by atoms with Gasteiger partial charge in [0.15, 0.2) is 0 Å². The maximum Gasteiger partial charge on any atom is 0.267 e. The zero-order valence-electron chi connectivity index (χ0n) is 14.0. The summed E-state index contributed by atoms with van der Waals surface area (Å²) in [4.78, 5) is 26.6. The van der Waals surface area contributed by atoms with Crippen LogP contribution in [0.25, 0.3) is 10.6 Å². The molecule has 3 rings (SSSR count). The van der Waals surface area contributed by atoms with Crippen LogP contribution in [0.1, 0.15) is 10.4 Å². The number of carbonyl (C=O) groups is 1. The summed E-state index contributed by atoms with van der Waals surface area (Å²) < 4.78 is 2.71. The van der Waals surface area contributed by atoms with E-state index in [2.05, 4.69) is 42.3 Å². The van der Waals surface area contributed by atoms with Gasteiger partial charge in [-0.2, -0.15) is 5.10 Å². The Kier molecular flexibility index (Phi) is 5.74. The molecule has 134 valence electrons. The highest BCUT2D eigenvalue weighted by molar-refractivity contribution is 9.11.